The SMILES string of the molecule is COc1ccc(Cl)cc1Nc1ccnc(Nc2cc(C)ccc2OC)n1. The van der Waals surface area contributed by atoms with Gasteiger partial charge >= 0.3 is 0 Å². The second kappa shape index (κ2) is 7.93. The summed E-state index contributed by atoms with van der Waals surface area (Å²) in [4.78, 5) is 8.75. The average molecular weight is 371 g/mol. The third-order valence-electron chi connectivity index (χ3n) is 3.68. The molecule has 2 aromatic carbocycles. The van der Waals surface area contributed by atoms with E-state index in [1.54, 1.807) is 44.7 Å². The van der Waals surface area contributed by atoms with Gasteiger partial charge in [-0.3, -0.25) is 0 Å². The third kappa shape index (κ3) is 4.15. The van der Waals surface area contributed by atoms with Gasteiger partial charge in [0.25, 0.3) is 0 Å². The number of halogens is 1. The van der Waals surface area contributed by atoms with E-state index in [2.05, 4.69) is 20.6 Å². The molecule has 0 saturated heterocycles. The highest BCUT2D eigenvalue weighted by molar-refractivity contribution is 6.31. The summed E-state index contributed by atoms with van der Waals surface area (Å²) in [5, 5.41) is 6.99. The van der Waals surface area contributed by atoms with E-state index < -0.39 is 0 Å². The molecule has 1 heterocycles. The maximum Gasteiger partial charge on any atom is 0.229 e. The Morgan fingerprint density at radius 2 is 1.58 bits per heavy atom. The van der Waals surface area contributed by atoms with Crippen molar-refractivity contribution in [1.29, 1.82) is 0 Å². The van der Waals surface area contributed by atoms with Gasteiger partial charge in [0.05, 0.1) is 25.6 Å². The zero-order valence-corrected chi connectivity index (χ0v) is 15.5. The molecule has 0 spiro atoms. The molecule has 0 amide bonds. The van der Waals surface area contributed by atoms with E-state index in [0.29, 0.717) is 28.3 Å². The molecule has 0 unspecified atom stereocenters. The number of benzene rings is 2. The normalized spacial score (nSPS) is 10.3. The lowest BCUT2D eigenvalue weighted by atomic mass is 10.2. The number of aryl methyl sites for hydroxylation is 1. The first-order valence-corrected chi connectivity index (χ1v) is 8.32. The molecule has 6 nitrogen and oxygen atoms in total. The van der Waals surface area contributed by atoms with Crippen molar-refractivity contribution >= 4 is 34.7 Å². The molecule has 26 heavy (non-hydrogen) atoms. The number of nitrogens with zero attached hydrogens (tertiary/aromatic N) is 2. The maximum atomic E-state index is 6.07. The molecule has 0 bridgehead atoms. The number of nitrogens with one attached hydrogen (secondary N) is 2. The molecule has 2 N–H and O–H groups in total. The summed E-state index contributed by atoms with van der Waals surface area (Å²) in [7, 11) is 3.23. The van der Waals surface area contributed by atoms with Crippen molar-refractivity contribution in [2.24, 2.45) is 0 Å². The number of rotatable bonds is 6. The highest BCUT2D eigenvalue weighted by Gasteiger charge is 2.08. The summed E-state index contributed by atoms with van der Waals surface area (Å²) in [6, 6.07) is 13.0. The van der Waals surface area contributed by atoms with E-state index in [1.165, 1.54) is 0 Å². The van der Waals surface area contributed by atoms with Crippen LogP contribution in [0.2, 0.25) is 5.02 Å². The second-order valence-corrected chi connectivity index (χ2v) is 6.00. The average Bonchev–Trinajstić information content (AvgIpc) is 2.62. The Bertz CT molecular complexity index is 847. The van der Waals surface area contributed by atoms with E-state index in [9.17, 15) is 0 Å². The number of methoxy groups -OCH3 is 2. The van der Waals surface area contributed by atoms with Crippen LogP contribution in [0.1, 0.15) is 5.56 Å². The fourth-order valence-electron chi connectivity index (χ4n) is 2.44. The number of hydrogen-bond donors (Lipinski definition) is 2. The van der Waals surface area contributed by atoms with E-state index in [0.717, 1.165) is 16.9 Å². The van der Waals surface area contributed by atoms with E-state index >= 15 is 0 Å². The zero-order valence-electron chi connectivity index (χ0n) is 14.7. The first-order chi connectivity index (χ1) is 12.6. The summed E-state index contributed by atoms with van der Waals surface area (Å²) in [6.45, 7) is 2.01. The lowest BCUT2D eigenvalue weighted by Gasteiger charge is -2.13. The number of hydrogen-bond acceptors (Lipinski definition) is 6. The summed E-state index contributed by atoms with van der Waals surface area (Å²) in [6.07, 6.45) is 1.66. The molecule has 3 aromatic rings. The van der Waals surface area contributed by atoms with Crippen molar-refractivity contribution in [2.75, 3.05) is 24.9 Å². The van der Waals surface area contributed by atoms with Gasteiger partial charge in [-0.2, -0.15) is 4.98 Å². The minimum atomic E-state index is 0.444. The molecule has 0 atom stereocenters. The predicted molar refractivity (Wildman–Crippen MR) is 104 cm³/mol. The van der Waals surface area contributed by atoms with Gasteiger partial charge in [-0.25, -0.2) is 4.98 Å². The van der Waals surface area contributed by atoms with Crippen LogP contribution in [-0.2, 0) is 0 Å². The van der Waals surface area contributed by atoms with Crippen molar-refractivity contribution in [2.45, 2.75) is 6.92 Å². The van der Waals surface area contributed by atoms with Crippen LogP contribution in [0.3, 0.4) is 0 Å². The molecule has 3 rings (SSSR count). The van der Waals surface area contributed by atoms with Crippen molar-refractivity contribution in [3.05, 3.63) is 59.2 Å². The molecule has 1 aromatic heterocycles. The minimum Gasteiger partial charge on any atom is -0.495 e. The van der Waals surface area contributed by atoms with Crippen LogP contribution >= 0.6 is 11.6 Å². The lowest BCUT2D eigenvalue weighted by molar-refractivity contribution is 0.416. The fourth-order valence-corrected chi connectivity index (χ4v) is 2.62. The molecule has 0 fully saturated rings. The fraction of sp³-hybridized carbons (Fsp3) is 0.158. The Hall–Kier alpha value is -2.99. The number of aromatic nitrogens is 2. The molecule has 134 valence electrons. The molecule has 0 aliphatic carbocycles. The van der Waals surface area contributed by atoms with Gasteiger partial charge in [0.1, 0.15) is 17.3 Å². The highest BCUT2D eigenvalue weighted by Crippen LogP contribution is 2.31. The first kappa shape index (κ1) is 17.8. The van der Waals surface area contributed by atoms with Crippen LogP contribution in [-0.4, -0.2) is 24.2 Å². The lowest BCUT2D eigenvalue weighted by Crippen LogP contribution is -2.02. The molecular weight excluding hydrogens is 352 g/mol. The quantitative estimate of drug-likeness (QED) is 0.640. The predicted octanol–water partition coefficient (Wildman–Crippen LogP) is 4.94. The van der Waals surface area contributed by atoms with Crippen LogP contribution in [0.25, 0.3) is 0 Å². The highest BCUT2D eigenvalue weighted by atomic mass is 35.5. The van der Waals surface area contributed by atoms with Gasteiger partial charge < -0.3 is 20.1 Å². The van der Waals surface area contributed by atoms with Gasteiger partial charge in [0.15, 0.2) is 0 Å². The van der Waals surface area contributed by atoms with Crippen molar-refractivity contribution in [1.82, 2.24) is 9.97 Å². The standard InChI is InChI=1S/C19H19ClN4O2/c1-12-4-6-16(25-2)14(10-12)23-19-21-9-8-18(24-19)22-15-11-13(20)5-7-17(15)26-3/h4-11H,1-3H3,(H2,21,22,23,24). The molecule has 0 radical (unpaired) electrons. The van der Waals surface area contributed by atoms with Crippen molar-refractivity contribution in [3.63, 3.8) is 0 Å². The summed E-state index contributed by atoms with van der Waals surface area (Å²) < 4.78 is 10.7. The van der Waals surface area contributed by atoms with Gasteiger partial charge in [-0.15, -0.1) is 0 Å². The zero-order chi connectivity index (χ0) is 18.5. The van der Waals surface area contributed by atoms with Gasteiger partial charge in [0.2, 0.25) is 5.95 Å². The Labute approximate surface area is 157 Å². The first-order valence-electron chi connectivity index (χ1n) is 7.94. The van der Waals surface area contributed by atoms with Gasteiger partial charge in [-0.05, 0) is 48.9 Å². The molecular formula is C19H19ClN4O2. The minimum absolute atomic E-state index is 0.444. The van der Waals surface area contributed by atoms with E-state index in [4.69, 9.17) is 21.1 Å². The topological polar surface area (TPSA) is 68.3 Å². The Kier molecular flexibility index (Phi) is 5.43. The Balaban J connectivity index is 1.85. The van der Waals surface area contributed by atoms with Gasteiger partial charge in [-0.1, -0.05) is 17.7 Å². The van der Waals surface area contributed by atoms with Crippen molar-refractivity contribution in [3.8, 4) is 11.5 Å². The molecule has 0 saturated carbocycles. The van der Waals surface area contributed by atoms with Gasteiger partial charge in [0, 0.05) is 11.2 Å². The molecule has 0 aliphatic rings. The van der Waals surface area contributed by atoms with Crippen LogP contribution in [0.4, 0.5) is 23.1 Å². The number of anilines is 4. The Morgan fingerprint density at radius 3 is 2.31 bits per heavy atom. The summed E-state index contributed by atoms with van der Waals surface area (Å²) in [5.74, 6) is 2.44. The van der Waals surface area contributed by atoms with E-state index in [1.807, 2.05) is 25.1 Å². The van der Waals surface area contributed by atoms with Crippen molar-refractivity contribution < 1.29 is 9.47 Å². The third-order valence-corrected chi connectivity index (χ3v) is 3.92. The number of ether oxygens (including phenoxy) is 2. The second-order valence-electron chi connectivity index (χ2n) is 5.56. The summed E-state index contributed by atoms with van der Waals surface area (Å²) >= 11 is 6.07. The van der Waals surface area contributed by atoms with E-state index in [-0.39, 0.29) is 0 Å². The largest absolute Gasteiger partial charge is 0.495 e. The molecule has 7 heteroatoms. The van der Waals surface area contributed by atoms with Crippen LogP contribution in [0.15, 0.2) is 48.7 Å². The van der Waals surface area contributed by atoms with Crippen LogP contribution in [0.5, 0.6) is 11.5 Å². The van der Waals surface area contributed by atoms with Crippen LogP contribution < -0.4 is 20.1 Å². The van der Waals surface area contributed by atoms with Crippen LogP contribution in [0, 0.1) is 6.92 Å². The smallest absolute Gasteiger partial charge is 0.229 e. The Morgan fingerprint density at radius 1 is 0.885 bits per heavy atom. The maximum absolute atomic E-state index is 6.07. The monoisotopic (exact) mass is 370 g/mol. The summed E-state index contributed by atoms with van der Waals surface area (Å²) in [5.41, 5.74) is 2.62. The molecule has 0 aliphatic heterocycles.